The Kier molecular flexibility index (Phi) is 10.9. The number of likely N-dealkylation sites (tertiary alicyclic amines) is 2. The van der Waals surface area contributed by atoms with Crippen LogP contribution < -0.4 is 10.6 Å². The fourth-order valence-corrected chi connectivity index (χ4v) is 7.65. The fourth-order valence-electron chi connectivity index (χ4n) is 7.65. The summed E-state index contributed by atoms with van der Waals surface area (Å²) in [7, 11) is 0. The molecular weight excluding hydrogens is 697 g/mol. The molecule has 0 spiro atoms. The lowest BCUT2D eigenvalue weighted by molar-refractivity contribution is -0.135. The summed E-state index contributed by atoms with van der Waals surface area (Å²) in [5.74, 6) is 1.57. The number of anilines is 1. The second kappa shape index (κ2) is 16.1. The Bertz CT molecular complexity index is 2100. The first-order valence-electron chi connectivity index (χ1n) is 19.0. The number of amides is 3. The third-order valence-corrected chi connectivity index (χ3v) is 10.6. The Hall–Kier alpha value is -6.05. The molecule has 3 amide bonds. The van der Waals surface area contributed by atoms with Crippen molar-refractivity contribution < 1.29 is 19.5 Å². The molecule has 5 N–H and O–H groups in total. The van der Waals surface area contributed by atoms with Gasteiger partial charge in [0.15, 0.2) is 0 Å². The summed E-state index contributed by atoms with van der Waals surface area (Å²) in [4.78, 5) is 67.0. The summed E-state index contributed by atoms with van der Waals surface area (Å²) in [6.45, 7) is 8.94. The van der Waals surface area contributed by atoms with Gasteiger partial charge in [-0.1, -0.05) is 76.2 Å². The molecule has 2 aliphatic heterocycles. The number of hydrogen-bond acceptors (Lipinski definition) is 8. The standard InChI is InChI=1S/C41H48N10O4/c1-24(2)34(48-40-42-18-7-19-43-40)38(52)50-20-5-8-32(50)36-44-22-30(46-36)28-14-10-26(11-15-28)27-12-16-29(17-13-27)31-23-45-37(47-31)33-9-6-21-51(33)39(53)35(25(3)4)49-41(54)55/h7,10-19,22-25,32-35,49H,5-6,8-9,20-21H2,1-4H3,(H,44,46)(H,45,47)(H,54,55)(H,42,43,48)/t32-,33-,34-,35-/m0/s1. The van der Waals surface area contributed by atoms with E-state index in [1.807, 2.05) is 50.9 Å². The predicted molar refractivity (Wildman–Crippen MR) is 208 cm³/mol. The predicted octanol–water partition coefficient (Wildman–Crippen LogP) is 6.68. The van der Waals surface area contributed by atoms with Crippen LogP contribution in [0.2, 0.25) is 0 Å². The van der Waals surface area contributed by atoms with Crippen molar-refractivity contribution in [2.24, 2.45) is 11.8 Å². The maximum absolute atomic E-state index is 13.8. The van der Waals surface area contributed by atoms with Gasteiger partial charge in [-0.15, -0.1) is 0 Å². The van der Waals surface area contributed by atoms with Crippen molar-refractivity contribution >= 4 is 23.9 Å². The summed E-state index contributed by atoms with van der Waals surface area (Å²) in [5, 5.41) is 14.9. The molecule has 5 aromatic rings. The van der Waals surface area contributed by atoms with E-state index in [1.54, 1.807) is 29.6 Å². The van der Waals surface area contributed by atoms with Crippen molar-refractivity contribution in [1.82, 2.24) is 45.0 Å². The van der Waals surface area contributed by atoms with Crippen molar-refractivity contribution in [3.05, 3.63) is 91.0 Å². The van der Waals surface area contributed by atoms with Crippen LogP contribution in [-0.4, -0.2) is 87.9 Å². The number of rotatable bonds is 12. The van der Waals surface area contributed by atoms with Gasteiger partial charge >= 0.3 is 6.09 Å². The average molecular weight is 745 g/mol. The van der Waals surface area contributed by atoms with E-state index < -0.39 is 18.2 Å². The van der Waals surface area contributed by atoms with Crippen molar-refractivity contribution in [1.29, 1.82) is 0 Å². The van der Waals surface area contributed by atoms with Gasteiger partial charge in [-0.3, -0.25) is 9.59 Å². The largest absolute Gasteiger partial charge is 0.465 e. The minimum absolute atomic E-state index is 0.0192. The second-order valence-corrected chi connectivity index (χ2v) is 15.0. The topological polar surface area (TPSA) is 185 Å². The minimum Gasteiger partial charge on any atom is -0.465 e. The van der Waals surface area contributed by atoms with Crippen LogP contribution in [0, 0.1) is 11.8 Å². The Labute approximate surface area is 320 Å². The number of carbonyl (C=O) groups is 3. The Balaban J connectivity index is 1.00. The number of H-pyrrole nitrogens is 2. The molecule has 7 rings (SSSR count). The van der Waals surface area contributed by atoms with Crippen LogP contribution in [0.3, 0.4) is 0 Å². The van der Waals surface area contributed by atoms with Gasteiger partial charge in [-0.25, -0.2) is 24.7 Å². The Morgan fingerprint density at radius 1 is 0.673 bits per heavy atom. The number of aromatic nitrogens is 6. The third kappa shape index (κ3) is 8.08. The molecule has 0 saturated carbocycles. The first kappa shape index (κ1) is 37.3. The molecule has 2 aromatic carbocycles. The van der Waals surface area contributed by atoms with Gasteiger partial charge in [-0.05, 0) is 65.8 Å². The molecule has 2 fully saturated rings. The van der Waals surface area contributed by atoms with Gasteiger partial charge in [0.05, 0.1) is 35.9 Å². The van der Waals surface area contributed by atoms with Crippen LogP contribution in [0.5, 0.6) is 0 Å². The highest BCUT2D eigenvalue weighted by molar-refractivity contribution is 5.86. The molecule has 3 aromatic heterocycles. The summed E-state index contributed by atoms with van der Waals surface area (Å²) in [6, 6.07) is 16.7. The highest BCUT2D eigenvalue weighted by Crippen LogP contribution is 2.35. The molecule has 55 heavy (non-hydrogen) atoms. The molecule has 286 valence electrons. The van der Waals surface area contributed by atoms with Crippen LogP contribution in [0.4, 0.5) is 10.7 Å². The lowest BCUT2D eigenvalue weighted by Gasteiger charge is -2.30. The zero-order valence-corrected chi connectivity index (χ0v) is 31.6. The van der Waals surface area contributed by atoms with E-state index in [9.17, 15) is 19.5 Å². The maximum Gasteiger partial charge on any atom is 0.405 e. The number of nitrogens with zero attached hydrogens (tertiary/aromatic N) is 6. The molecular formula is C41H48N10O4. The van der Waals surface area contributed by atoms with E-state index in [1.165, 1.54) is 0 Å². The normalized spacial score (nSPS) is 18.1. The number of hydrogen-bond donors (Lipinski definition) is 5. The number of aromatic amines is 2. The molecule has 2 aliphatic rings. The van der Waals surface area contributed by atoms with E-state index in [2.05, 4.69) is 72.0 Å². The molecule has 14 heteroatoms. The van der Waals surface area contributed by atoms with Gasteiger partial charge in [0.25, 0.3) is 0 Å². The first-order valence-corrected chi connectivity index (χ1v) is 19.0. The quantitative estimate of drug-likeness (QED) is 0.0930. The van der Waals surface area contributed by atoms with Gasteiger partial charge in [0.1, 0.15) is 23.7 Å². The molecule has 0 radical (unpaired) electrons. The van der Waals surface area contributed by atoms with Crippen LogP contribution in [0.25, 0.3) is 33.6 Å². The van der Waals surface area contributed by atoms with E-state index >= 15 is 0 Å². The maximum atomic E-state index is 13.8. The van der Waals surface area contributed by atoms with Crippen molar-refractivity contribution in [2.75, 3.05) is 18.4 Å². The lowest BCUT2D eigenvalue weighted by Crippen LogP contribution is -2.50. The number of nitrogens with one attached hydrogen (secondary N) is 4. The van der Waals surface area contributed by atoms with Crippen molar-refractivity contribution in [2.45, 2.75) is 77.5 Å². The van der Waals surface area contributed by atoms with Crippen LogP contribution >= 0.6 is 0 Å². The van der Waals surface area contributed by atoms with Gasteiger partial charge < -0.3 is 35.5 Å². The Morgan fingerprint density at radius 3 is 1.55 bits per heavy atom. The summed E-state index contributed by atoms with van der Waals surface area (Å²) in [6.07, 6.45) is 9.06. The Morgan fingerprint density at radius 2 is 1.11 bits per heavy atom. The number of benzene rings is 2. The minimum atomic E-state index is -1.21. The second-order valence-electron chi connectivity index (χ2n) is 15.0. The summed E-state index contributed by atoms with van der Waals surface area (Å²) >= 11 is 0. The monoisotopic (exact) mass is 744 g/mol. The lowest BCUT2D eigenvalue weighted by atomic mass is 10.0. The zero-order chi connectivity index (χ0) is 38.6. The first-order chi connectivity index (χ1) is 26.6. The smallest absolute Gasteiger partial charge is 0.405 e. The number of carboxylic acid groups (broad SMARTS) is 1. The average Bonchev–Trinajstić information content (AvgIpc) is 4.02. The van der Waals surface area contributed by atoms with E-state index in [0.717, 1.165) is 65.1 Å². The highest BCUT2D eigenvalue weighted by atomic mass is 16.4. The summed E-state index contributed by atoms with van der Waals surface area (Å²) < 4.78 is 0. The van der Waals surface area contributed by atoms with Gasteiger partial charge in [0, 0.05) is 25.5 Å². The molecule has 0 unspecified atom stereocenters. The van der Waals surface area contributed by atoms with Crippen molar-refractivity contribution in [3.8, 4) is 33.6 Å². The summed E-state index contributed by atoms with van der Waals surface area (Å²) in [5.41, 5.74) is 5.84. The van der Waals surface area contributed by atoms with Gasteiger partial charge in [0.2, 0.25) is 17.8 Å². The van der Waals surface area contributed by atoms with Gasteiger partial charge in [-0.2, -0.15) is 0 Å². The van der Waals surface area contributed by atoms with E-state index in [-0.39, 0.29) is 35.7 Å². The van der Waals surface area contributed by atoms with E-state index in [0.29, 0.717) is 24.9 Å². The number of imidazole rings is 2. The van der Waals surface area contributed by atoms with Crippen molar-refractivity contribution in [3.63, 3.8) is 0 Å². The molecule has 14 nitrogen and oxygen atoms in total. The third-order valence-electron chi connectivity index (χ3n) is 10.6. The van der Waals surface area contributed by atoms with Crippen LogP contribution in [0.1, 0.15) is 77.1 Å². The molecule has 0 bridgehead atoms. The van der Waals surface area contributed by atoms with Crippen LogP contribution in [0.15, 0.2) is 79.4 Å². The molecule has 2 saturated heterocycles. The number of carbonyl (C=O) groups excluding carboxylic acids is 2. The molecule has 5 heterocycles. The molecule has 4 atom stereocenters. The SMILES string of the molecule is CC(C)[C@H](NC(=O)O)C(=O)N1CCC[C@H]1c1ncc(-c2ccc(-c3ccc(-c4cnc([C@@H]5CCCN5C(=O)[C@@H](Nc5ncccn5)C(C)C)[nH]4)cc3)cc2)[nH]1. The van der Waals surface area contributed by atoms with E-state index in [4.69, 9.17) is 4.98 Å². The van der Waals surface area contributed by atoms with Crippen LogP contribution in [-0.2, 0) is 9.59 Å². The highest BCUT2D eigenvalue weighted by Gasteiger charge is 2.38. The molecule has 0 aliphatic carbocycles. The fraction of sp³-hybridized carbons (Fsp3) is 0.390. The zero-order valence-electron chi connectivity index (χ0n) is 31.6.